The van der Waals surface area contributed by atoms with Gasteiger partial charge < -0.3 is 14.3 Å². The smallest absolute Gasteiger partial charge is 0.300 e. The van der Waals surface area contributed by atoms with E-state index in [1.807, 2.05) is 0 Å². The quantitative estimate of drug-likeness (QED) is 0.388. The van der Waals surface area contributed by atoms with Gasteiger partial charge in [-0.3, -0.25) is 14.5 Å². The third-order valence-electron chi connectivity index (χ3n) is 4.71. The van der Waals surface area contributed by atoms with Crippen LogP contribution in [0.5, 0.6) is 5.75 Å². The molecule has 0 aliphatic carbocycles. The van der Waals surface area contributed by atoms with E-state index in [-0.39, 0.29) is 11.3 Å². The van der Waals surface area contributed by atoms with E-state index in [0.717, 1.165) is 0 Å². The first-order valence-electron chi connectivity index (χ1n) is 8.75. The van der Waals surface area contributed by atoms with E-state index >= 15 is 0 Å². The molecule has 4 rings (SSSR count). The SMILES string of the molecule is COc1ccc(/C(O)=C2/C(=O)C(=O)N(c3cccc(Cl)c3)C2c2ccco2)cc1. The van der Waals surface area contributed by atoms with E-state index < -0.39 is 17.7 Å². The van der Waals surface area contributed by atoms with E-state index in [9.17, 15) is 14.7 Å². The Hall–Kier alpha value is -3.51. The first-order valence-corrected chi connectivity index (χ1v) is 9.13. The number of methoxy groups -OCH3 is 1. The molecular formula is C22H16ClNO5. The monoisotopic (exact) mass is 409 g/mol. The molecule has 0 radical (unpaired) electrons. The van der Waals surface area contributed by atoms with Crippen molar-refractivity contribution in [3.63, 3.8) is 0 Å². The van der Waals surface area contributed by atoms with Gasteiger partial charge in [-0.1, -0.05) is 17.7 Å². The summed E-state index contributed by atoms with van der Waals surface area (Å²) in [5.74, 6) is -0.928. The van der Waals surface area contributed by atoms with E-state index in [1.165, 1.54) is 18.3 Å². The van der Waals surface area contributed by atoms with E-state index in [4.69, 9.17) is 20.8 Å². The van der Waals surface area contributed by atoms with Crippen LogP contribution in [0.25, 0.3) is 5.76 Å². The van der Waals surface area contributed by atoms with Gasteiger partial charge in [0.05, 0.1) is 18.9 Å². The third kappa shape index (κ3) is 3.28. The summed E-state index contributed by atoms with van der Waals surface area (Å²) < 4.78 is 10.6. The molecule has 1 amide bonds. The van der Waals surface area contributed by atoms with Gasteiger partial charge in [0.2, 0.25) is 0 Å². The summed E-state index contributed by atoms with van der Waals surface area (Å²) in [4.78, 5) is 27.1. The lowest BCUT2D eigenvalue weighted by atomic mass is 9.99. The topological polar surface area (TPSA) is 80.0 Å². The van der Waals surface area contributed by atoms with E-state index in [1.54, 1.807) is 60.7 Å². The molecule has 0 saturated carbocycles. The van der Waals surface area contributed by atoms with Gasteiger partial charge in [0.15, 0.2) is 0 Å². The van der Waals surface area contributed by atoms with Crippen LogP contribution >= 0.6 is 11.6 Å². The van der Waals surface area contributed by atoms with Crippen molar-refractivity contribution in [3.8, 4) is 5.75 Å². The predicted molar refractivity (Wildman–Crippen MR) is 108 cm³/mol. The molecule has 1 fully saturated rings. The highest BCUT2D eigenvalue weighted by atomic mass is 35.5. The maximum atomic E-state index is 12.9. The lowest BCUT2D eigenvalue weighted by molar-refractivity contribution is -0.132. The zero-order valence-electron chi connectivity index (χ0n) is 15.3. The lowest BCUT2D eigenvalue weighted by Gasteiger charge is -2.23. The highest BCUT2D eigenvalue weighted by Gasteiger charge is 2.48. The Balaban J connectivity index is 1.90. The summed E-state index contributed by atoms with van der Waals surface area (Å²) in [7, 11) is 1.53. The summed E-state index contributed by atoms with van der Waals surface area (Å²) in [5.41, 5.74) is 0.747. The van der Waals surface area contributed by atoms with Crippen molar-refractivity contribution >= 4 is 34.7 Å². The molecule has 1 aliphatic heterocycles. The first kappa shape index (κ1) is 18.8. The fraction of sp³-hybridized carbons (Fsp3) is 0.0909. The molecule has 1 aromatic heterocycles. The molecule has 2 heterocycles. The van der Waals surface area contributed by atoms with Crippen LogP contribution in [0.3, 0.4) is 0 Å². The highest BCUT2D eigenvalue weighted by Crippen LogP contribution is 2.42. The summed E-state index contributed by atoms with van der Waals surface area (Å²) >= 11 is 6.08. The Kier molecular flexibility index (Phi) is 4.86. The maximum Gasteiger partial charge on any atom is 0.300 e. The number of nitrogens with zero attached hydrogens (tertiary/aromatic N) is 1. The van der Waals surface area contributed by atoms with Gasteiger partial charge >= 0.3 is 0 Å². The van der Waals surface area contributed by atoms with Crippen LogP contribution in [-0.4, -0.2) is 23.9 Å². The standard InChI is InChI=1S/C22H16ClNO5/c1-28-16-9-7-13(8-10-16)20(25)18-19(17-6-3-11-29-17)24(22(27)21(18)26)15-5-2-4-14(23)12-15/h2-12,19,25H,1H3/b20-18-. The minimum Gasteiger partial charge on any atom is -0.507 e. The lowest BCUT2D eigenvalue weighted by Crippen LogP contribution is -2.29. The number of aliphatic hydroxyl groups excluding tert-OH is 1. The molecule has 3 aromatic rings. The zero-order chi connectivity index (χ0) is 20.5. The number of benzene rings is 2. The van der Waals surface area contributed by atoms with Crippen molar-refractivity contribution in [3.05, 3.63) is 88.8 Å². The summed E-state index contributed by atoms with van der Waals surface area (Å²) in [6, 6.07) is 15.5. The molecule has 2 aromatic carbocycles. The highest BCUT2D eigenvalue weighted by molar-refractivity contribution is 6.51. The Morgan fingerprint density at radius 3 is 2.48 bits per heavy atom. The summed E-state index contributed by atoms with van der Waals surface area (Å²) in [5, 5.41) is 11.3. The minimum absolute atomic E-state index is 0.0601. The van der Waals surface area contributed by atoms with Gasteiger partial charge in [0, 0.05) is 16.3 Å². The van der Waals surface area contributed by atoms with Crippen molar-refractivity contribution in [2.24, 2.45) is 0 Å². The predicted octanol–water partition coefficient (Wildman–Crippen LogP) is 4.57. The number of ether oxygens (including phenoxy) is 1. The number of rotatable bonds is 4. The fourth-order valence-electron chi connectivity index (χ4n) is 3.35. The molecule has 1 saturated heterocycles. The molecule has 0 bridgehead atoms. The summed E-state index contributed by atoms with van der Waals surface area (Å²) in [6.45, 7) is 0. The van der Waals surface area contributed by atoms with Crippen LogP contribution in [-0.2, 0) is 9.59 Å². The average Bonchev–Trinajstić information content (AvgIpc) is 3.35. The number of furan rings is 1. The van der Waals surface area contributed by atoms with Gasteiger partial charge in [-0.2, -0.15) is 0 Å². The van der Waals surface area contributed by atoms with Crippen LogP contribution in [0.4, 0.5) is 5.69 Å². The minimum atomic E-state index is -0.925. The Morgan fingerprint density at radius 1 is 1.10 bits per heavy atom. The number of anilines is 1. The number of carbonyl (C=O) groups excluding carboxylic acids is 2. The molecule has 1 atom stereocenters. The van der Waals surface area contributed by atoms with E-state index in [0.29, 0.717) is 27.8 Å². The number of carbonyl (C=O) groups is 2. The number of hydrogen-bond donors (Lipinski definition) is 1. The fourth-order valence-corrected chi connectivity index (χ4v) is 3.53. The average molecular weight is 410 g/mol. The zero-order valence-corrected chi connectivity index (χ0v) is 16.1. The van der Waals surface area contributed by atoms with Crippen molar-refractivity contribution < 1.29 is 23.8 Å². The van der Waals surface area contributed by atoms with Crippen LogP contribution < -0.4 is 9.64 Å². The van der Waals surface area contributed by atoms with Gasteiger partial charge in [-0.25, -0.2) is 0 Å². The number of amides is 1. The molecule has 1 aliphatic rings. The van der Waals surface area contributed by atoms with Gasteiger partial charge in [0.25, 0.3) is 11.7 Å². The molecular weight excluding hydrogens is 394 g/mol. The number of Topliss-reactive ketones (excluding diaryl/α,β-unsaturated/α-hetero) is 1. The molecule has 29 heavy (non-hydrogen) atoms. The van der Waals surface area contributed by atoms with Crippen molar-refractivity contribution in [2.45, 2.75) is 6.04 Å². The second kappa shape index (κ2) is 7.48. The molecule has 6 nitrogen and oxygen atoms in total. The van der Waals surface area contributed by atoms with Crippen LogP contribution in [0.1, 0.15) is 17.4 Å². The van der Waals surface area contributed by atoms with Crippen LogP contribution in [0.2, 0.25) is 5.02 Å². The van der Waals surface area contributed by atoms with Crippen molar-refractivity contribution in [1.29, 1.82) is 0 Å². The number of ketones is 1. The second-order valence-corrected chi connectivity index (χ2v) is 6.83. The third-order valence-corrected chi connectivity index (χ3v) is 4.94. The Bertz CT molecular complexity index is 1100. The van der Waals surface area contributed by atoms with Gasteiger partial charge in [-0.05, 0) is 54.6 Å². The normalized spacial score (nSPS) is 18.3. The second-order valence-electron chi connectivity index (χ2n) is 6.39. The molecule has 0 spiro atoms. The van der Waals surface area contributed by atoms with E-state index in [2.05, 4.69) is 0 Å². The maximum absolute atomic E-state index is 12.9. The van der Waals surface area contributed by atoms with Crippen LogP contribution in [0.15, 0.2) is 76.9 Å². The van der Waals surface area contributed by atoms with Crippen molar-refractivity contribution in [2.75, 3.05) is 12.0 Å². The Labute approximate surface area is 171 Å². The first-order chi connectivity index (χ1) is 14.0. The number of hydrogen-bond acceptors (Lipinski definition) is 5. The Morgan fingerprint density at radius 2 is 1.86 bits per heavy atom. The van der Waals surface area contributed by atoms with Gasteiger partial charge in [-0.15, -0.1) is 0 Å². The molecule has 1 N–H and O–H groups in total. The van der Waals surface area contributed by atoms with Gasteiger partial charge in [0.1, 0.15) is 23.3 Å². The van der Waals surface area contributed by atoms with Crippen molar-refractivity contribution in [1.82, 2.24) is 0 Å². The molecule has 1 unspecified atom stereocenters. The molecule has 7 heteroatoms. The number of halogens is 1. The summed E-state index contributed by atoms with van der Waals surface area (Å²) in [6.07, 6.45) is 1.45. The molecule has 146 valence electrons. The van der Waals surface area contributed by atoms with Crippen LogP contribution in [0, 0.1) is 0 Å². The largest absolute Gasteiger partial charge is 0.507 e. The number of aliphatic hydroxyl groups is 1.